The van der Waals surface area contributed by atoms with Crippen molar-refractivity contribution in [1.29, 1.82) is 0 Å². The number of carbonyl (C=O) groups is 2. The van der Waals surface area contributed by atoms with Crippen molar-refractivity contribution in [3.8, 4) is 0 Å². The predicted octanol–water partition coefficient (Wildman–Crippen LogP) is 6.27. The molecule has 35 heavy (non-hydrogen) atoms. The van der Waals surface area contributed by atoms with Crippen LogP contribution in [-0.4, -0.2) is 29.2 Å². The van der Waals surface area contributed by atoms with E-state index in [1.54, 1.807) is 17.1 Å². The molecule has 1 saturated carbocycles. The highest BCUT2D eigenvalue weighted by Crippen LogP contribution is 2.44. The second-order valence-electron chi connectivity index (χ2n) is 8.71. The molecule has 5 rings (SSSR count). The Labute approximate surface area is 218 Å². The minimum atomic E-state index is -0.506. The van der Waals surface area contributed by atoms with E-state index in [1.165, 1.54) is 5.57 Å². The number of rotatable bonds is 5. The summed E-state index contributed by atoms with van der Waals surface area (Å²) < 4.78 is 6.21. The first-order valence-corrected chi connectivity index (χ1v) is 12.8. The smallest absolute Gasteiger partial charge is 0.339 e. The van der Waals surface area contributed by atoms with Gasteiger partial charge in [0.15, 0.2) is 6.61 Å². The SMILES string of the molecule is O=C(OCC(=O)N1N=C2C(=Cc3ccccc3)CCCC2C1c1ccccc1)c1ccccc1I. The van der Waals surface area contributed by atoms with Crippen molar-refractivity contribution in [2.75, 3.05) is 6.61 Å². The number of benzene rings is 3. The van der Waals surface area contributed by atoms with Crippen LogP contribution in [0, 0.1) is 9.49 Å². The number of hydrogen-bond acceptors (Lipinski definition) is 4. The number of hydrazone groups is 1. The van der Waals surface area contributed by atoms with Gasteiger partial charge in [0.25, 0.3) is 5.91 Å². The van der Waals surface area contributed by atoms with Gasteiger partial charge in [-0.05, 0) is 76.8 Å². The molecular weight excluding hydrogens is 551 g/mol. The van der Waals surface area contributed by atoms with Gasteiger partial charge in [0.1, 0.15) is 0 Å². The van der Waals surface area contributed by atoms with Crippen LogP contribution in [0.3, 0.4) is 0 Å². The molecule has 1 amide bonds. The quantitative estimate of drug-likeness (QED) is 0.266. The first-order chi connectivity index (χ1) is 17.1. The number of nitrogens with zero attached hydrogens (tertiary/aromatic N) is 2. The zero-order valence-electron chi connectivity index (χ0n) is 19.1. The van der Waals surface area contributed by atoms with Crippen LogP contribution in [0.5, 0.6) is 0 Å². The Morgan fingerprint density at radius 2 is 1.66 bits per heavy atom. The maximum Gasteiger partial charge on any atom is 0.339 e. The predicted molar refractivity (Wildman–Crippen MR) is 145 cm³/mol. The Morgan fingerprint density at radius 3 is 2.40 bits per heavy atom. The maximum atomic E-state index is 13.4. The fourth-order valence-corrected chi connectivity index (χ4v) is 5.45. The highest BCUT2D eigenvalue weighted by molar-refractivity contribution is 14.1. The first-order valence-electron chi connectivity index (χ1n) is 11.7. The zero-order valence-corrected chi connectivity index (χ0v) is 21.3. The van der Waals surface area contributed by atoms with Gasteiger partial charge in [-0.2, -0.15) is 5.10 Å². The second-order valence-corrected chi connectivity index (χ2v) is 9.88. The summed E-state index contributed by atoms with van der Waals surface area (Å²) in [4.78, 5) is 26.0. The Morgan fingerprint density at radius 1 is 0.971 bits per heavy atom. The summed E-state index contributed by atoms with van der Waals surface area (Å²) in [6.07, 6.45) is 5.10. The summed E-state index contributed by atoms with van der Waals surface area (Å²) in [6, 6.07) is 27.2. The fraction of sp³-hybridized carbons (Fsp3) is 0.207. The third-order valence-electron chi connectivity index (χ3n) is 6.46. The average molecular weight is 576 g/mol. The van der Waals surface area contributed by atoms with Gasteiger partial charge >= 0.3 is 5.97 Å². The van der Waals surface area contributed by atoms with E-state index in [-0.39, 0.29) is 24.5 Å². The molecule has 3 aromatic rings. The third kappa shape index (κ3) is 5.07. The number of esters is 1. The molecule has 0 bridgehead atoms. The molecule has 1 aliphatic heterocycles. The van der Waals surface area contributed by atoms with E-state index in [4.69, 9.17) is 9.84 Å². The molecule has 0 aromatic heterocycles. The monoisotopic (exact) mass is 576 g/mol. The van der Waals surface area contributed by atoms with E-state index in [2.05, 4.69) is 40.8 Å². The van der Waals surface area contributed by atoms with Gasteiger partial charge < -0.3 is 4.74 Å². The number of ether oxygens (including phenoxy) is 1. The summed E-state index contributed by atoms with van der Waals surface area (Å²) in [5, 5.41) is 6.40. The molecule has 0 spiro atoms. The van der Waals surface area contributed by atoms with Gasteiger partial charge in [0.2, 0.25) is 0 Å². The molecule has 2 aliphatic rings. The summed E-state index contributed by atoms with van der Waals surface area (Å²) in [6.45, 7) is -0.353. The number of fused-ring (bicyclic) bond motifs is 1. The van der Waals surface area contributed by atoms with Crippen molar-refractivity contribution < 1.29 is 14.3 Å². The highest BCUT2D eigenvalue weighted by Gasteiger charge is 2.43. The van der Waals surface area contributed by atoms with E-state index in [9.17, 15) is 9.59 Å². The Kier molecular flexibility index (Phi) is 7.08. The Bertz CT molecular complexity index is 1290. The lowest BCUT2D eigenvalue weighted by molar-refractivity contribution is -0.137. The molecule has 2 unspecified atom stereocenters. The molecule has 176 valence electrons. The molecule has 5 nitrogen and oxygen atoms in total. The summed E-state index contributed by atoms with van der Waals surface area (Å²) >= 11 is 2.09. The van der Waals surface area contributed by atoms with Gasteiger partial charge in [0.05, 0.1) is 17.3 Å². The molecule has 1 heterocycles. The average Bonchev–Trinajstić information content (AvgIpc) is 3.29. The van der Waals surface area contributed by atoms with Crippen LogP contribution in [0.1, 0.15) is 46.8 Å². The molecular formula is C29H25IN2O3. The molecule has 0 N–H and O–H groups in total. The maximum absolute atomic E-state index is 13.4. The van der Waals surface area contributed by atoms with Gasteiger partial charge in [-0.15, -0.1) is 0 Å². The van der Waals surface area contributed by atoms with Crippen molar-refractivity contribution in [3.05, 3.63) is 111 Å². The highest BCUT2D eigenvalue weighted by atomic mass is 127. The molecule has 1 aliphatic carbocycles. The van der Waals surface area contributed by atoms with Crippen LogP contribution in [0.2, 0.25) is 0 Å². The fourth-order valence-electron chi connectivity index (χ4n) is 4.84. The molecule has 0 radical (unpaired) electrons. The Hall–Kier alpha value is -3.26. The number of hydrogen-bond donors (Lipinski definition) is 0. The van der Waals surface area contributed by atoms with E-state index in [0.29, 0.717) is 5.56 Å². The Balaban J connectivity index is 1.43. The summed E-state index contributed by atoms with van der Waals surface area (Å²) in [5.74, 6) is -0.719. The summed E-state index contributed by atoms with van der Waals surface area (Å²) in [7, 11) is 0. The largest absolute Gasteiger partial charge is 0.452 e. The van der Waals surface area contributed by atoms with Gasteiger partial charge in [0, 0.05) is 9.49 Å². The molecule has 0 saturated heterocycles. The van der Waals surface area contributed by atoms with Crippen LogP contribution in [0.4, 0.5) is 0 Å². The lowest BCUT2D eigenvalue weighted by Crippen LogP contribution is -2.34. The first kappa shape index (κ1) is 23.5. The van der Waals surface area contributed by atoms with E-state index in [0.717, 1.165) is 39.7 Å². The number of carbonyl (C=O) groups excluding carboxylic acids is 2. The van der Waals surface area contributed by atoms with E-state index in [1.807, 2.05) is 60.7 Å². The standard InChI is InChI=1S/C29H25IN2O3/c30-25-17-8-7-15-23(25)29(34)35-19-26(33)32-28(21-12-5-2-6-13-21)24-16-9-14-22(27(24)31-32)18-20-10-3-1-4-11-20/h1-8,10-13,15,17-18,24,28H,9,14,16,19H2. The zero-order chi connectivity index (χ0) is 24.2. The van der Waals surface area contributed by atoms with Crippen molar-refractivity contribution in [2.24, 2.45) is 11.0 Å². The van der Waals surface area contributed by atoms with Crippen molar-refractivity contribution in [2.45, 2.75) is 25.3 Å². The molecule has 2 atom stereocenters. The van der Waals surface area contributed by atoms with Crippen LogP contribution in [-0.2, 0) is 9.53 Å². The normalized spacial score (nSPS) is 20.3. The molecule has 3 aromatic carbocycles. The number of allylic oxidation sites excluding steroid dienone is 1. The van der Waals surface area contributed by atoms with Crippen molar-refractivity contribution in [1.82, 2.24) is 5.01 Å². The van der Waals surface area contributed by atoms with Crippen molar-refractivity contribution >= 4 is 46.3 Å². The van der Waals surface area contributed by atoms with Gasteiger partial charge in [-0.1, -0.05) is 72.8 Å². The van der Waals surface area contributed by atoms with Crippen LogP contribution < -0.4 is 0 Å². The van der Waals surface area contributed by atoms with E-state index < -0.39 is 5.97 Å². The van der Waals surface area contributed by atoms with Crippen LogP contribution in [0.15, 0.2) is 95.6 Å². The third-order valence-corrected chi connectivity index (χ3v) is 7.40. The minimum absolute atomic E-state index is 0.107. The second kappa shape index (κ2) is 10.6. The lowest BCUT2D eigenvalue weighted by Gasteiger charge is -2.29. The molecule has 6 heteroatoms. The lowest BCUT2D eigenvalue weighted by atomic mass is 9.77. The minimum Gasteiger partial charge on any atom is -0.452 e. The number of amides is 1. The van der Waals surface area contributed by atoms with Gasteiger partial charge in [-0.3, -0.25) is 4.79 Å². The van der Waals surface area contributed by atoms with Crippen LogP contribution >= 0.6 is 22.6 Å². The van der Waals surface area contributed by atoms with Crippen LogP contribution in [0.25, 0.3) is 6.08 Å². The molecule has 1 fully saturated rings. The van der Waals surface area contributed by atoms with Gasteiger partial charge in [-0.25, -0.2) is 9.80 Å². The van der Waals surface area contributed by atoms with Crippen molar-refractivity contribution in [3.63, 3.8) is 0 Å². The topological polar surface area (TPSA) is 59.0 Å². The number of halogens is 1. The van der Waals surface area contributed by atoms with E-state index >= 15 is 0 Å². The summed E-state index contributed by atoms with van der Waals surface area (Å²) in [5.41, 5.74) is 4.74.